The first-order valence-corrected chi connectivity index (χ1v) is 6.62. The molecule has 0 N–H and O–H groups in total. The van der Waals surface area contributed by atoms with E-state index in [1.165, 1.54) is 10.6 Å². The fraction of sp³-hybridized carbons (Fsp3) is 0.200. The van der Waals surface area contributed by atoms with Gasteiger partial charge in [-0.1, -0.05) is 5.57 Å². The summed E-state index contributed by atoms with van der Waals surface area (Å²) in [5, 5.41) is 8.93. The number of hydrogen-bond acceptors (Lipinski definition) is 2. The fourth-order valence-electron chi connectivity index (χ4n) is 1.09. The van der Waals surface area contributed by atoms with Crippen LogP contribution in [0.2, 0.25) is 0 Å². The quantitative estimate of drug-likeness (QED) is 0.649. The van der Waals surface area contributed by atoms with Gasteiger partial charge in [0.2, 0.25) is 0 Å². The van der Waals surface area contributed by atoms with Gasteiger partial charge in [-0.25, -0.2) is 0 Å². The largest absolute Gasteiger partial charge is 0.269 e. The van der Waals surface area contributed by atoms with Crippen LogP contribution in [0.15, 0.2) is 25.3 Å². The van der Waals surface area contributed by atoms with Crippen molar-refractivity contribution in [1.82, 2.24) is 4.57 Å². The molecule has 84 valence electrons. The fourth-order valence-corrected chi connectivity index (χ4v) is 3.24. The molecule has 0 atom stereocenters. The number of halogens is 3. The van der Waals surface area contributed by atoms with Gasteiger partial charge in [0.1, 0.15) is 20.8 Å². The second-order valence-electron chi connectivity index (χ2n) is 3.28. The van der Waals surface area contributed by atoms with E-state index in [-0.39, 0.29) is 5.91 Å². The van der Waals surface area contributed by atoms with Gasteiger partial charge < -0.3 is 0 Å². The lowest BCUT2D eigenvalue weighted by atomic mass is 10.3. The predicted molar refractivity (Wildman–Crippen MR) is 72.3 cm³/mol. The van der Waals surface area contributed by atoms with Gasteiger partial charge >= 0.3 is 0 Å². The average molecular weight is 411 g/mol. The molecule has 0 spiro atoms. The maximum atomic E-state index is 11.9. The summed E-state index contributed by atoms with van der Waals surface area (Å²) in [6.45, 7) is 3.67. The third-order valence-corrected chi connectivity index (χ3v) is 4.55. The van der Waals surface area contributed by atoms with Gasteiger partial charge in [0.25, 0.3) is 5.91 Å². The lowest BCUT2D eigenvalue weighted by molar-refractivity contribution is 0.0963. The molecule has 0 unspecified atom stereocenters. The van der Waals surface area contributed by atoms with Crippen molar-refractivity contribution in [2.24, 2.45) is 0 Å². The van der Waals surface area contributed by atoms with Gasteiger partial charge in [0, 0.05) is 6.08 Å². The van der Waals surface area contributed by atoms with E-state index in [1.807, 2.05) is 19.9 Å². The summed E-state index contributed by atoms with van der Waals surface area (Å²) in [6.07, 6.45) is 1.50. The molecule has 6 heteroatoms. The second-order valence-corrected chi connectivity index (χ2v) is 5.57. The van der Waals surface area contributed by atoms with Gasteiger partial charge in [-0.05, 0) is 61.6 Å². The monoisotopic (exact) mass is 408 g/mol. The molecule has 0 aliphatic carbocycles. The number of carbonyl (C=O) groups is 1. The number of hydrogen-bond donors (Lipinski definition) is 0. The summed E-state index contributed by atoms with van der Waals surface area (Å²) < 4.78 is 2.92. The van der Waals surface area contributed by atoms with Crippen LogP contribution in [0.1, 0.15) is 24.2 Å². The highest BCUT2D eigenvalue weighted by Gasteiger charge is 2.21. The lowest BCUT2D eigenvalue weighted by Crippen LogP contribution is -2.08. The molecule has 1 heterocycles. The zero-order valence-electron chi connectivity index (χ0n) is 8.51. The molecule has 0 aliphatic heterocycles. The number of rotatable bonds is 1. The summed E-state index contributed by atoms with van der Waals surface area (Å²) in [6, 6.07) is 2.02. The van der Waals surface area contributed by atoms with Crippen LogP contribution in [0.25, 0.3) is 0 Å². The Morgan fingerprint density at radius 1 is 1.31 bits per heavy atom. The topological polar surface area (TPSA) is 45.8 Å². The van der Waals surface area contributed by atoms with Crippen LogP contribution in [0.4, 0.5) is 0 Å². The van der Waals surface area contributed by atoms with Crippen LogP contribution in [0.3, 0.4) is 0 Å². The van der Waals surface area contributed by atoms with Crippen molar-refractivity contribution in [2.75, 3.05) is 0 Å². The van der Waals surface area contributed by atoms with Crippen LogP contribution in [-0.4, -0.2) is 10.5 Å². The van der Waals surface area contributed by atoms with Gasteiger partial charge in [0.05, 0.1) is 4.47 Å². The van der Waals surface area contributed by atoms with Crippen molar-refractivity contribution in [3.05, 3.63) is 30.9 Å². The van der Waals surface area contributed by atoms with Gasteiger partial charge in [-0.3, -0.25) is 9.36 Å². The Kier molecular flexibility index (Phi) is 4.53. The van der Waals surface area contributed by atoms with Crippen LogP contribution < -0.4 is 0 Å². The van der Waals surface area contributed by atoms with Crippen LogP contribution in [0.5, 0.6) is 0 Å². The molecule has 0 saturated carbocycles. The summed E-state index contributed by atoms with van der Waals surface area (Å²) >= 11 is 9.76. The SMILES string of the molecule is CC(C)=CC(=O)n1c(Br)c(Br)c(C#N)c1Br. The molecule has 16 heavy (non-hydrogen) atoms. The Labute approximate surface area is 119 Å². The molecular weight excluding hydrogens is 404 g/mol. The number of nitrogens with zero attached hydrogens (tertiary/aromatic N) is 2. The molecule has 0 saturated heterocycles. The molecule has 1 aromatic rings. The van der Waals surface area contributed by atoms with Crippen molar-refractivity contribution in [3.8, 4) is 6.07 Å². The highest BCUT2D eigenvalue weighted by atomic mass is 79.9. The minimum absolute atomic E-state index is 0.207. The predicted octanol–water partition coefficient (Wildman–Crippen LogP) is 4.25. The standard InChI is InChI=1S/C10H7Br3N2O/c1-5(2)3-7(16)15-9(12)6(4-14)8(11)10(15)13/h3H,1-2H3. The molecule has 1 rings (SSSR count). The van der Waals surface area contributed by atoms with Crippen molar-refractivity contribution in [2.45, 2.75) is 13.8 Å². The zero-order valence-corrected chi connectivity index (χ0v) is 13.3. The maximum Gasteiger partial charge on any atom is 0.256 e. The second kappa shape index (κ2) is 5.30. The van der Waals surface area contributed by atoms with Crippen molar-refractivity contribution in [3.63, 3.8) is 0 Å². The Balaban J connectivity index is 3.43. The summed E-state index contributed by atoms with van der Waals surface area (Å²) in [5.74, 6) is -0.207. The minimum atomic E-state index is -0.207. The van der Waals surface area contributed by atoms with Gasteiger partial charge in [-0.2, -0.15) is 5.26 Å². The molecule has 3 nitrogen and oxygen atoms in total. The smallest absolute Gasteiger partial charge is 0.256 e. The highest BCUT2D eigenvalue weighted by molar-refractivity contribution is 9.13. The number of aromatic nitrogens is 1. The molecule has 0 aliphatic rings. The Bertz CT molecular complexity index is 519. The Hall–Kier alpha value is -0.380. The van der Waals surface area contributed by atoms with Crippen molar-refractivity contribution in [1.29, 1.82) is 5.26 Å². The van der Waals surface area contributed by atoms with Crippen molar-refractivity contribution >= 4 is 53.7 Å². The third kappa shape index (κ3) is 2.47. The van der Waals surface area contributed by atoms with E-state index in [4.69, 9.17) is 5.26 Å². The van der Waals surface area contributed by atoms with E-state index in [1.54, 1.807) is 0 Å². The molecular formula is C10H7Br3N2O. The zero-order chi connectivity index (χ0) is 12.5. The Morgan fingerprint density at radius 2 is 1.88 bits per heavy atom. The van der Waals surface area contributed by atoms with Gasteiger partial charge in [0.15, 0.2) is 0 Å². The van der Waals surface area contributed by atoms with Crippen LogP contribution in [-0.2, 0) is 0 Å². The lowest BCUT2D eigenvalue weighted by Gasteiger charge is -2.01. The van der Waals surface area contributed by atoms with Crippen LogP contribution in [0, 0.1) is 11.3 Å². The number of nitriles is 1. The third-order valence-electron chi connectivity index (χ3n) is 1.74. The summed E-state index contributed by atoms with van der Waals surface area (Å²) in [5.41, 5.74) is 1.29. The normalized spacial score (nSPS) is 9.75. The van der Waals surface area contributed by atoms with E-state index in [0.29, 0.717) is 19.2 Å². The van der Waals surface area contributed by atoms with Crippen molar-refractivity contribution < 1.29 is 4.79 Å². The molecule has 0 fully saturated rings. The first-order valence-electron chi connectivity index (χ1n) is 4.24. The molecule has 0 amide bonds. The van der Waals surface area contributed by atoms with E-state index in [2.05, 4.69) is 47.8 Å². The molecule has 0 bridgehead atoms. The van der Waals surface area contributed by atoms with E-state index in [9.17, 15) is 4.79 Å². The van der Waals surface area contributed by atoms with E-state index >= 15 is 0 Å². The van der Waals surface area contributed by atoms with E-state index in [0.717, 1.165) is 5.57 Å². The molecule has 1 aromatic heterocycles. The number of allylic oxidation sites excluding steroid dienone is 2. The highest BCUT2D eigenvalue weighted by Crippen LogP contribution is 2.35. The first-order chi connectivity index (χ1) is 7.40. The summed E-state index contributed by atoms with van der Waals surface area (Å²) in [7, 11) is 0. The summed E-state index contributed by atoms with van der Waals surface area (Å²) in [4.78, 5) is 11.9. The first kappa shape index (κ1) is 13.7. The Morgan fingerprint density at radius 3 is 2.25 bits per heavy atom. The maximum absolute atomic E-state index is 11.9. The molecule has 0 aromatic carbocycles. The minimum Gasteiger partial charge on any atom is -0.269 e. The van der Waals surface area contributed by atoms with Gasteiger partial charge in [-0.15, -0.1) is 0 Å². The van der Waals surface area contributed by atoms with Crippen LogP contribution >= 0.6 is 47.8 Å². The van der Waals surface area contributed by atoms with E-state index < -0.39 is 0 Å². The number of carbonyl (C=O) groups excluding carboxylic acids is 1. The molecule has 0 radical (unpaired) electrons. The average Bonchev–Trinajstić information content (AvgIpc) is 2.37.